The molecule has 1 aliphatic carbocycles. The van der Waals surface area contributed by atoms with Gasteiger partial charge >= 0.3 is 6.18 Å². The lowest BCUT2D eigenvalue weighted by Gasteiger charge is -2.39. The first-order valence-corrected chi connectivity index (χ1v) is 6.62. The van der Waals surface area contributed by atoms with E-state index >= 15 is 0 Å². The van der Waals surface area contributed by atoms with Crippen LogP contribution in [0.15, 0.2) is 0 Å². The summed E-state index contributed by atoms with van der Waals surface area (Å²) in [6.07, 6.45) is -3.44. The van der Waals surface area contributed by atoms with Crippen LogP contribution in [0.3, 0.4) is 0 Å². The van der Waals surface area contributed by atoms with Gasteiger partial charge in [-0.25, -0.2) is 0 Å². The Morgan fingerprint density at radius 2 is 1.83 bits per heavy atom. The minimum absolute atomic E-state index is 0.00892. The SMILES string of the molecule is CC1CC(C)C(CN(C)CCC(F)(F)F)C(O)C1. The molecule has 1 N–H and O–H groups in total. The molecule has 0 aromatic carbocycles. The fourth-order valence-electron chi connectivity index (χ4n) is 2.94. The minimum Gasteiger partial charge on any atom is -0.393 e. The lowest BCUT2D eigenvalue weighted by molar-refractivity contribution is -0.138. The van der Waals surface area contributed by atoms with Crippen LogP contribution in [-0.4, -0.2) is 42.4 Å². The molecule has 4 unspecified atom stereocenters. The number of hydrogen-bond donors (Lipinski definition) is 1. The molecule has 108 valence electrons. The predicted octanol–water partition coefficient (Wildman–Crippen LogP) is 2.91. The van der Waals surface area contributed by atoms with E-state index in [0.29, 0.717) is 18.4 Å². The molecule has 0 bridgehead atoms. The van der Waals surface area contributed by atoms with Gasteiger partial charge in [0.15, 0.2) is 0 Å². The summed E-state index contributed by atoms with van der Waals surface area (Å²) >= 11 is 0. The average molecular weight is 267 g/mol. The molecule has 1 aliphatic rings. The second kappa shape index (κ2) is 6.24. The van der Waals surface area contributed by atoms with E-state index in [9.17, 15) is 18.3 Å². The van der Waals surface area contributed by atoms with Crippen molar-refractivity contribution in [1.82, 2.24) is 4.90 Å². The molecule has 0 aromatic heterocycles. The molecular formula is C13H24F3NO. The molecule has 0 amide bonds. The van der Waals surface area contributed by atoms with Gasteiger partial charge in [0, 0.05) is 19.0 Å². The maximum atomic E-state index is 12.1. The van der Waals surface area contributed by atoms with E-state index in [4.69, 9.17) is 0 Å². The Kier molecular flexibility index (Phi) is 5.46. The highest BCUT2D eigenvalue weighted by molar-refractivity contribution is 4.84. The van der Waals surface area contributed by atoms with Crippen molar-refractivity contribution < 1.29 is 18.3 Å². The molecule has 0 heterocycles. The number of hydrogen-bond acceptors (Lipinski definition) is 2. The van der Waals surface area contributed by atoms with E-state index in [0.717, 1.165) is 12.8 Å². The molecule has 1 rings (SSSR count). The van der Waals surface area contributed by atoms with Crippen LogP contribution in [0.4, 0.5) is 13.2 Å². The zero-order chi connectivity index (χ0) is 13.9. The van der Waals surface area contributed by atoms with Crippen LogP contribution in [0, 0.1) is 17.8 Å². The summed E-state index contributed by atoms with van der Waals surface area (Å²) in [4.78, 5) is 1.69. The lowest BCUT2D eigenvalue weighted by atomic mass is 9.73. The Labute approximate surface area is 107 Å². The van der Waals surface area contributed by atoms with Gasteiger partial charge in [-0.3, -0.25) is 0 Å². The fraction of sp³-hybridized carbons (Fsp3) is 1.00. The summed E-state index contributed by atoms with van der Waals surface area (Å²) in [5, 5.41) is 10.0. The van der Waals surface area contributed by atoms with Crippen LogP contribution >= 0.6 is 0 Å². The molecule has 0 spiro atoms. The van der Waals surface area contributed by atoms with Crippen molar-refractivity contribution in [3.8, 4) is 0 Å². The fourth-order valence-corrected chi connectivity index (χ4v) is 2.94. The van der Waals surface area contributed by atoms with Gasteiger partial charge in [0.25, 0.3) is 0 Å². The van der Waals surface area contributed by atoms with E-state index in [2.05, 4.69) is 13.8 Å². The quantitative estimate of drug-likeness (QED) is 0.846. The summed E-state index contributed by atoms with van der Waals surface area (Å²) in [7, 11) is 1.70. The monoisotopic (exact) mass is 267 g/mol. The van der Waals surface area contributed by atoms with Gasteiger partial charge in [-0.1, -0.05) is 13.8 Å². The van der Waals surface area contributed by atoms with E-state index in [1.165, 1.54) is 0 Å². The molecule has 4 atom stereocenters. The first kappa shape index (κ1) is 15.8. The summed E-state index contributed by atoms with van der Waals surface area (Å²) in [6.45, 7) is 4.75. The first-order valence-electron chi connectivity index (χ1n) is 6.62. The summed E-state index contributed by atoms with van der Waals surface area (Å²) in [6, 6.07) is 0. The summed E-state index contributed by atoms with van der Waals surface area (Å²) in [5.74, 6) is 0.975. The number of rotatable bonds is 4. The van der Waals surface area contributed by atoms with Crippen molar-refractivity contribution in [3.05, 3.63) is 0 Å². The van der Waals surface area contributed by atoms with Crippen molar-refractivity contribution in [2.75, 3.05) is 20.1 Å². The number of nitrogens with zero attached hydrogens (tertiary/aromatic N) is 1. The third-order valence-corrected chi connectivity index (χ3v) is 3.94. The van der Waals surface area contributed by atoms with E-state index in [1.54, 1.807) is 11.9 Å². The van der Waals surface area contributed by atoms with Gasteiger partial charge in [0.2, 0.25) is 0 Å². The predicted molar refractivity (Wildman–Crippen MR) is 65.2 cm³/mol. The maximum Gasteiger partial charge on any atom is 0.390 e. The van der Waals surface area contributed by atoms with E-state index in [-0.39, 0.29) is 18.6 Å². The van der Waals surface area contributed by atoms with Gasteiger partial charge in [0.1, 0.15) is 0 Å². The molecule has 18 heavy (non-hydrogen) atoms. The number of aliphatic hydroxyl groups is 1. The number of aliphatic hydroxyl groups excluding tert-OH is 1. The Bertz CT molecular complexity index is 245. The Morgan fingerprint density at radius 1 is 1.22 bits per heavy atom. The van der Waals surface area contributed by atoms with Gasteiger partial charge < -0.3 is 10.0 Å². The molecule has 1 saturated carbocycles. The molecule has 0 saturated heterocycles. The van der Waals surface area contributed by atoms with Crippen LogP contribution in [0.25, 0.3) is 0 Å². The highest BCUT2D eigenvalue weighted by atomic mass is 19.4. The van der Waals surface area contributed by atoms with Crippen molar-refractivity contribution in [1.29, 1.82) is 0 Å². The molecule has 2 nitrogen and oxygen atoms in total. The van der Waals surface area contributed by atoms with Gasteiger partial charge in [-0.2, -0.15) is 13.2 Å². The smallest absolute Gasteiger partial charge is 0.390 e. The normalized spacial score (nSPS) is 34.0. The highest BCUT2D eigenvalue weighted by Crippen LogP contribution is 2.34. The van der Waals surface area contributed by atoms with Crippen molar-refractivity contribution in [2.45, 2.75) is 45.4 Å². The molecule has 0 aliphatic heterocycles. The van der Waals surface area contributed by atoms with Crippen LogP contribution < -0.4 is 0 Å². The second-order valence-corrected chi connectivity index (χ2v) is 5.91. The number of halogens is 3. The Balaban J connectivity index is 2.41. The van der Waals surface area contributed by atoms with Crippen LogP contribution in [-0.2, 0) is 0 Å². The van der Waals surface area contributed by atoms with Crippen molar-refractivity contribution in [2.24, 2.45) is 17.8 Å². The van der Waals surface area contributed by atoms with Crippen LogP contribution in [0.1, 0.15) is 33.1 Å². The third-order valence-electron chi connectivity index (χ3n) is 3.94. The van der Waals surface area contributed by atoms with E-state index in [1.807, 2.05) is 0 Å². The Morgan fingerprint density at radius 3 is 2.33 bits per heavy atom. The standard InChI is InChI=1S/C13H24F3NO/c1-9-6-10(2)11(12(18)7-9)8-17(3)5-4-13(14,15)16/h9-12,18H,4-8H2,1-3H3. The van der Waals surface area contributed by atoms with Crippen molar-refractivity contribution in [3.63, 3.8) is 0 Å². The van der Waals surface area contributed by atoms with Crippen molar-refractivity contribution >= 4 is 0 Å². The third kappa shape index (κ3) is 5.14. The van der Waals surface area contributed by atoms with Crippen LogP contribution in [0.5, 0.6) is 0 Å². The number of alkyl halides is 3. The summed E-state index contributed by atoms with van der Waals surface area (Å²) in [5.41, 5.74) is 0. The average Bonchev–Trinajstić information content (AvgIpc) is 2.19. The first-order chi connectivity index (χ1) is 8.19. The second-order valence-electron chi connectivity index (χ2n) is 5.91. The van der Waals surface area contributed by atoms with E-state index < -0.39 is 12.6 Å². The molecule has 0 radical (unpaired) electrons. The zero-order valence-electron chi connectivity index (χ0n) is 11.4. The zero-order valence-corrected chi connectivity index (χ0v) is 11.4. The Hall–Kier alpha value is -0.290. The van der Waals surface area contributed by atoms with Gasteiger partial charge in [-0.15, -0.1) is 0 Å². The van der Waals surface area contributed by atoms with Gasteiger partial charge in [-0.05, 0) is 31.7 Å². The lowest BCUT2D eigenvalue weighted by Crippen LogP contribution is -2.42. The molecular weight excluding hydrogens is 243 g/mol. The van der Waals surface area contributed by atoms with Crippen LogP contribution in [0.2, 0.25) is 0 Å². The summed E-state index contributed by atoms with van der Waals surface area (Å²) < 4.78 is 36.4. The molecule has 0 aromatic rings. The largest absolute Gasteiger partial charge is 0.393 e. The topological polar surface area (TPSA) is 23.5 Å². The van der Waals surface area contributed by atoms with Gasteiger partial charge in [0.05, 0.1) is 12.5 Å². The maximum absolute atomic E-state index is 12.1. The molecule has 1 fully saturated rings. The molecule has 5 heteroatoms. The highest BCUT2D eigenvalue weighted by Gasteiger charge is 2.34. The minimum atomic E-state index is -4.10.